The van der Waals surface area contributed by atoms with Crippen molar-refractivity contribution in [3.05, 3.63) is 70.8 Å². The molecule has 0 radical (unpaired) electrons. The van der Waals surface area contributed by atoms with Crippen molar-refractivity contribution in [3.8, 4) is 0 Å². The van der Waals surface area contributed by atoms with E-state index in [0.29, 0.717) is 0 Å². The summed E-state index contributed by atoms with van der Waals surface area (Å²) in [4.78, 5) is 0. The Balaban J connectivity index is 2.04. The van der Waals surface area contributed by atoms with Gasteiger partial charge < -0.3 is 5.41 Å². The fourth-order valence-corrected chi connectivity index (χ4v) is 3.56. The van der Waals surface area contributed by atoms with Crippen molar-refractivity contribution in [1.29, 1.82) is 5.41 Å². The molecular formula is C21H23N. The normalized spacial score (nSPS) is 14.9. The van der Waals surface area contributed by atoms with Gasteiger partial charge in [0, 0.05) is 11.8 Å². The van der Waals surface area contributed by atoms with Crippen LogP contribution in [-0.4, -0.2) is 6.21 Å². The second kappa shape index (κ2) is 5.57. The van der Waals surface area contributed by atoms with Crippen molar-refractivity contribution < 1.29 is 0 Å². The van der Waals surface area contributed by atoms with E-state index in [0.717, 1.165) is 18.4 Å². The van der Waals surface area contributed by atoms with Crippen molar-refractivity contribution in [2.75, 3.05) is 0 Å². The molecule has 3 rings (SSSR count). The maximum absolute atomic E-state index is 7.91. The van der Waals surface area contributed by atoms with Crippen molar-refractivity contribution in [3.63, 3.8) is 0 Å². The van der Waals surface area contributed by atoms with E-state index in [2.05, 4.69) is 69.3 Å². The second-order valence-corrected chi connectivity index (χ2v) is 6.91. The van der Waals surface area contributed by atoms with Gasteiger partial charge in [0.1, 0.15) is 0 Å². The third-order valence-electron chi connectivity index (χ3n) is 4.63. The van der Waals surface area contributed by atoms with Gasteiger partial charge in [-0.15, -0.1) is 0 Å². The largest absolute Gasteiger partial charge is 0.308 e. The summed E-state index contributed by atoms with van der Waals surface area (Å²) in [7, 11) is 0. The smallest absolute Gasteiger partial charge is 0.0259 e. The molecule has 0 amide bonds. The Morgan fingerprint density at radius 2 is 1.91 bits per heavy atom. The zero-order chi connectivity index (χ0) is 15.7. The molecule has 1 aliphatic rings. The van der Waals surface area contributed by atoms with Gasteiger partial charge in [-0.1, -0.05) is 73.5 Å². The Bertz CT molecular complexity index is 791. The number of fused-ring (bicyclic) bond motifs is 1. The van der Waals surface area contributed by atoms with E-state index in [9.17, 15) is 0 Å². The average Bonchev–Trinajstić information content (AvgIpc) is 2.90. The predicted molar refractivity (Wildman–Crippen MR) is 95.9 cm³/mol. The number of rotatable bonds is 4. The highest BCUT2D eigenvalue weighted by Crippen LogP contribution is 2.37. The maximum atomic E-state index is 7.91. The standard InChI is InChI=1S/C21H23N/c1-15-8-9-16(12-15)13-21(2,3)20-11-10-17-6-4-5-7-18(17)19(20)14-22/h4-8,10-12,14,22H,9,13H2,1-3H3. The van der Waals surface area contributed by atoms with Gasteiger partial charge in [-0.25, -0.2) is 0 Å². The molecule has 0 saturated heterocycles. The lowest BCUT2D eigenvalue weighted by atomic mass is 9.76. The molecule has 2 aromatic rings. The van der Waals surface area contributed by atoms with Crippen LogP contribution in [0.1, 0.15) is 44.7 Å². The van der Waals surface area contributed by atoms with Crippen molar-refractivity contribution >= 4 is 17.0 Å². The van der Waals surface area contributed by atoms with E-state index in [4.69, 9.17) is 5.41 Å². The van der Waals surface area contributed by atoms with E-state index in [1.165, 1.54) is 33.7 Å². The first-order chi connectivity index (χ1) is 10.5. The Morgan fingerprint density at radius 3 is 2.59 bits per heavy atom. The van der Waals surface area contributed by atoms with Crippen LogP contribution >= 0.6 is 0 Å². The first-order valence-electron chi connectivity index (χ1n) is 7.90. The minimum atomic E-state index is 0.0290. The summed E-state index contributed by atoms with van der Waals surface area (Å²) in [6.07, 6.45) is 8.24. The van der Waals surface area contributed by atoms with E-state index < -0.39 is 0 Å². The number of allylic oxidation sites excluding steroid dienone is 4. The van der Waals surface area contributed by atoms with Gasteiger partial charge in [0.2, 0.25) is 0 Å². The van der Waals surface area contributed by atoms with Gasteiger partial charge in [-0.3, -0.25) is 0 Å². The minimum Gasteiger partial charge on any atom is -0.308 e. The number of benzene rings is 2. The molecule has 1 N–H and O–H groups in total. The average molecular weight is 289 g/mol. The van der Waals surface area contributed by atoms with Gasteiger partial charge >= 0.3 is 0 Å². The van der Waals surface area contributed by atoms with Crippen LogP contribution in [0.15, 0.2) is 59.7 Å². The summed E-state index contributed by atoms with van der Waals surface area (Å²) in [5.41, 5.74) is 5.22. The zero-order valence-electron chi connectivity index (χ0n) is 13.6. The Hall–Kier alpha value is -2.15. The highest BCUT2D eigenvalue weighted by Gasteiger charge is 2.26. The molecule has 0 aliphatic heterocycles. The zero-order valence-corrected chi connectivity index (χ0v) is 13.6. The van der Waals surface area contributed by atoms with Gasteiger partial charge in [0.05, 0.1) is 0 Å². The molecule has 0 saturated carbocycles. The lowest BCUT2D eigenvalue weighted by molar-refractivity contribution is 0.517. The summed E-state index contributed by atoms with van der Waals surface area (Å²) in [6, 6.07) is 12.7. The van der Waals surface area contributed by atoms with Gasteiger partial charge in [0.25, 0.3) is 0 Å². The quantitative estimate of drug-likeness (QED) is 0.690. The SMILES string of the molecule is CC1=CCC(CC(C)(C)c2ccc3ccccc3c2C=N)=C1. The second-order valence-electron chi connectivity index (χ2n) is 6.91. The maximum Gasteiger partial charge on any atom is 0.0259 e. The topological polar surface area (TPSA) is 23.9 Å². The number of nitrogens with one attached hydrogen (secondary N) is 1. The Labute approximate surface area is 132 Å². The molecule has 1 nitrogen and oxygen atoms in total. The molecular weight excluding hydrogens is 266 g/mol. The summed E-state index contributed by atoms with van der Waals surface area (Å²) >= 11 is 0. The Morgan fingerprint density at radius 1 is 1.14 bits per heavy atom. The van der Waals surface area contributed by atoms with Crippen LogP contribution in [0.3, 0.4) is 0 Å². The van der Waals surface area contributed by atoms with Crippen molar-refractivity contribution in [2.24, 2.45) is 0 Å². The fourth-order valence-electron chi connectivity index (χ4n) is 3.56. The molecule has 1 heteroatoms. The van der Waals surface area contributed by atoms with Gasteiger partial charge in [-0.05, 0) is 41.5 Å². The minimum absolute atomic E-state index is 0.0290. The van der Waals surface area contributed by atoms with Crippen LogP contribution < -0.4 is 0 Å². The first-order valence-corrected chi connectivity index (χ1v) is 7.90. The van der Waals surface area contributed by atoms with Crippen LogP contribution in [-0.2, 0) is 5.41 Å². The monoisotopic (exact) mass is 289 g/mol. The van der Waals surface area contributed by atoms with Crippen LogP contribution in [0.5, 0.6) is 0 Å². The lowest BCUT2D eigenvalue weighted by Gasteiger charge is -2.28. The van der Waals surface area contributed by atoms with Gasteiger partial charge in [0.15, 0.2) is 0 Å². The molecule has 0 atom stereocenters. The predicted octanol–water partition coefficient (Wildman–Crippen LogP) is 5.78. The van der Waals surface area contributed by atoms with Crippen LogP contribution in [0.25, 0.3) is 10.8 Å². The van der Waals surface area contributed by atoms with Crippen LogP contribution in [0.2, 0.25) is 0 Å². The summed E-state index contributed by atoms with van der Waals surface area (Å²) in [5.74, 6) is 0. The molecule has 0 fully saturated rings. The fraction of sp³-hybridized carbons (Fsp3) is 0.286. The van der Waals surface area contributed by atoms with E-state index in [1.54, 1.807) is 0 Å². The number of hydrogen-bond acceptors (Lipinski definition) is 1. The van der Waals surface area contributed by atoms with E-state index >= 15 is 0 Å². The van der Waals surface area contributed by atoms with Gasteiger partial charge in [-0.2, -0.15) is 0 Å². The van der Waals surface area contributed by atoms with E-state index in [-0.39, 0.29) is 5.41 Å². The summed E-state index contributed by atoms with van der Waals surface area (Å²) in [5, 5.41) is 10.3. The molecule has 0 aromatic heterocycles. The van der Waals surface area contributed by atoms with Crippen molar-refractivity contribution in [1.82, 2.24) is 0 Å². The molecule has 0 spiro atoms. The Kier molecular flexibility index (Phi) is 3.74. The highest BCUT2D eigenvalue weighted by atomic mass is 14.4. The molecule has 1 aliphatic carbocycles. The lowest BCUT2D eigenvalue weighted by Crippen LogP contribution is -2.20. The third kappa shape index (κ3) is 2.64. The molecule has 0 bridgehead atoms. The molecule has 0 unspecified atom stereocenters. The highest BCUT2D eigenvalue weighted by molar-refractivity contribution is 6.00. The van der Waals surface area contributed by atoms with Crippen molar-refractivity contribution in [2.45, 2.75) is 39.0 Å². The van der Waals surface area contributed by atoms with Crippen LogP contribution in [0.4, 0.5) is 0 Å². The molecule has 0 heterocycles. The molecule has 2 aromatic carbocycles. The molecule has 22 heavy (non-hydrogen) atoms. The molecule has 112 valence electrons. The third-order valence-corrected chi connectivity index (χ3v) is 4.63. The van der Waals surface area contributed by atoms with Crippen LogP contribution in [0, 0.1) is 5.41 Å². The number of hydrogen-bond donors (Lipinski definition) is 1. The summed E-state index contributed by atoms with van der Waals surface area (Å²) in [6.45, 7) is 6.75. The summed E-state index contributed by atoms with van der Waals surface area (Å²) < 4.78 is 0. The first kappa shape index (κ1) is 14.8. The van der Waals surface area contributed by atoms with E-state index in [1.807, 2.05) is 0 Å².